The Labute approximate surface area is 294 Å². The van der Waals surface area contributed by atoms with Crippen LogP contribution in [0.3, 0.4) is 0 Å². The summed E-state index contributed by atoms with van der Waals surface area (Å²) in [5.41, 5.74) is 3.95. The third-order valence-corrected chi connectivity index (χ3v) is 10.2. The Bertz CT molecular complexity index is 1930. The molecule has 2 aromatic heterocycles. The molecule has 50 heavy (non-hydrogen) atoms. The predicted molar refractivity (Wildman–Crippen MR) is 182 cm³/mol. The fraction of sp³-hybridized carbons (Fsp3) is 0.312. The third-order valence-electron chi connectivity index (χ3n) is 6.87. The Morgan fingerprint density at radius 3 is 1.00 bits per heavy atom. The highest BCUT2D eigenvalue weighted by molar-refractivity contribution is 7.86. The first-order chi connectivity index (χ1) is 23.1. The lowest BCUT2D eigenvalue weighted by atomic mass is 10.1. The van der Waals surface area contributed by atoms with Crippen LogP contribution in [0.4, 0.5) is 0 Å². The van der Waals surface area contributed by atoms with Gasteiger partial charge in [-0.25, -0.2) is 26.0 Å². The van der Waals surface area contributed by atoms with Crippen LogP contribution < -0.4 is 9.13 Å². The van der Waals surface area contributed by atoms with Crippen LogP contribution in [0.25, 0.3) is 11.1 Å². The van der Waals surface area contributed by atoms with E-state index < -0.39 is 40.5 Å². The normalized spacial score (nSPS) is 11.9. The number of rotatable bonds is 13. The number of benzene rings is 2. The van der Waals surface area contributed by atoms with Gasteiger partial charge < -0.3 is 9.11 Å². The van der Waals surface area contributed by atoms with E-state index in [1.165, 1.54) is 24.3 Å². The van der Waals surface area contributed by atoms with Crippen molar-refractivity contribution < 1.29 is 61.0 Å². The van der Waals surface area contributed by atoms with Crippen LogP contribution in [0, 0.1) is 13.8 Å². The predicted octanol–water partition coefficient (Wildman–Crippen LogP) is 3.06. The first-order valence-electron chi connectivity index (χ1n) is 15.1. The Morgan fingerprint density at radius 1 is 0.480 bits per heavy atom. The van der Waals surface area contributed by atoms with E-state index in [0.717, 1.165) is 22.3 Å². The van der Waals surface area contributed by atoms with Gasteiger partial charge in [0.05, 0.1) is 21.3 Å². The highest BCUT2D eigenvalue weighted by Gasteiger charge is 2.09. The molecule has 0 saturated heterocycles. The molecule has 0 unspecified atom stereocenters. The van der Waals surface area contributed by atoms with Crippen molar-refractivity contribution in [3.63, 3.8) is 0 Å². The molecule has 0 spiro atoms. The molecule has 18 heteroatoms. The standard InChI is InChI=1S/C18H24N2O6S2.2C7H8O3S/c21-27(22,23)15-3-1-9-19-11-5-17(6-12-19)18-7-13-20(14-8-18)10-2-4-16-28(24,25)26;2*1-6-2-4-7(5-3-6)11(8,9)10/h5-8,11-14H,1-4,9-10,15-16H2;2*2-5H,1H3,(H,8,9,10). The summed E-state index contributed by atoms with van der Waals surface area (Å²) in [6.07, 6.45) is 9.86. The molecular weight excluding hydrogens is 733 g/mol. The Hall–Kier alpha value is -3.62. The monoisotopic (exact) mass is 772 g/mol. The largest absolute Gasteiger partial charge is 0.744 e. The molecule has 0 bridgehead atoms. The molecule has 0 amide bonds. The summed E-state index contributed by atoms with van der Waals surface area (Å²) in [7, 11) is -16.3. The molecule has 0 aliphatic carbocycles. The molecule has 14 nitrogen and oxygen atoms in total. The van der Waals surface area contributed by atoms with Crippen molar-refractivity contribution in [2.24, 2.45) is 0 Å². The number of unbranched alkanes of at least 4 members (excludes halogenated alkanes) is 2. The van der Waals surface area contributed by atoms with Crippen molar-refractivity contribution >= 4 is 40.5 Å². The van der Waals surface area contributed by atoms with Gasteiger partial charge >= 0.3 is 0 Å². The Kier molecular flexibility index (Phi) is 16.3. The second-order valence-corrected chi connectivity index (χ2v) is 17.1. The fourth-order valence-corrected chi connectivity index (χ4v) is 6.24. The van der Waals surface area contributed by atoms with Crippen LogP contribution in [-0.4, -0.2) is 63.4 Å². The average molecular weight is 773 g/mol. The molecular formula is C32H40N2O12S4. The molecule has 274 valence electrons. The van der Waals surface area contributed by atoms with Crippen molar-refractivity contribution in [1.82, 2.24) is 0 Å². The zero-order valence-electron chi connectivity index (χ0n) is 27.4. The lowest BCUT2D eigenvalue weighted by molar-refractivity contribution is -0.697. The van der Waals surface area contributed by atoms with Gasteiger partial charge in [0, 0.05) is 37.1 Å². The van der Waals surface area contributed by atoms with Crippen LogP contribution >= 0.6 is 0 Å². The summed E-state index contributed by atoms with van der Waals surface area (Å²) >= 11 is 0. The molecule has 2 heterocycles. The minimum Gasteiger partial charge on any atom is -0.744 e. The van der Waals surface area contributed by atoms with Gasteiger partial charge in [0.2, 0.25) is 0 Å². The topological polar surface area (TPSA) is 231 Å². The van der Waals surface area contributed by atoms with Crippen LogP contribution in [0.5, 0.6) is 0 Å². The minimum atomic E-state index is -4.27. The summed E-state index contributed by atoms with van der Waals surface area (Å²) in [5.74, 6) is -0.434. The van der Waals surface area contributed by atoms with Gasteiger partial charge in [0.25, 0.3) is 20.2 Å². The van der Waals surface area contributed by atoms with Gasteiger partial charge in [-0.3, -0.25) is 9.11 Å². The van der Waals surface area contributed by atoms with E-state index in [1.54, 1.807) is 24.3 Å². The highest BCUT2D eigenvalue weighted by atomic mass is 32.2. The summed E-state index contributed by atoms with van der Waals surface area (Å²) in [6.45, 7) is 4.99. The van der Waals surface area contributed by atoms with E-state index >= 15 is 0 Å². The summed E-state index contributed by atoms with van der Waals surface area (Å²) in [5, 5.41) is 0. The van der Waals surface area contributed by atoms with E-state index in [-0.39, 0.29) is 21.3 Å². The summed E-state index contributed by atoms with van der Waals surface area (Å²) in [4.78, 5) is -0.355. The summed E-state index contributed by atoms with van der Waals surface area (Å²) < 4.78 is 126. The molecule has 4 aromatic rings. The van der Waals surface area contributed by atoms with Crippen LogP contribution in [0.1, 0.15) is 36.8 Å². The molecule has 0 aliphatic rings. The quantitative estimate of drug-likeness (QED) is 0.113. The van der Waals surface area contributed by atoms with Crippen LogP contribution in [0.2, 0.25) is 0 Å². The first kappa shape index (κ1) is 42.5. The van der Waals surface area contributed by atoms with Crippen molar-refractivity contribution in [3.8, 4) is 11.1 Å². The molecule has 0 atom stereocenters. The van der Waals surface area contributed by atoms with Gasteiger partial charge in [-0.15, -0.1) is 0 Å². The minimum absolute atomic E-state index is 0.178. The van der Waals surface area contributed by atoms with E-state index in [0.29, 0.717) is 38.8 Å². The number of aromatic nitrogens is 2. The van der Waals surface area contributed by atoms with Crippen LogP contribution in [0.15, 0.2) is 107 Å². The molecule has 0 aliphatic heterocycles. The zero-order valence-corrected chi connectivity index (χ0v) is 30.7. The van der Waals surface area contributed by atoms with Gasteiger partial charge in [0.1, 0.15) is 33.3 Å². The van der Waals surface area contributed by atoms with Gasteiger partial charge in [-0.1, -0.05) is 35.4 Å². The number of hydrogen-bond acceptors (Lipinski definition) is 10. The molecule has 2 N–H and O–H groups in total. The zero-order chi connectivity index (χ0) is 37.6. The van der Waals surface area contributed by atoms with E-state index in [2.05, 4.69) is 0 Å². The maximum Gasteiger partial charge on any atom is 0.264 e. The Balaban J connectivity index is 0.000000320. The molecule has 2 aromatic carbocycles. The van der Waals surface area contributed by atoms with Crippen molar-refractivity contribution in [2.75, 3.05) is 11.5 Å². The molecule has 0 radical (unpaired) electrons. The van der Waals surface area contributed by atoms with E-state index in [4.69, 9.17) is 9.11 Å². The average Bonchev–Trinajstić information content (AvgIpc) is 3.01. The second-order valence-electron chi connectivity index (χ2n) is 11.2. The SMILES string of the molecule is Cc1ccc(S(=O)(=O)[O-])cc1.Cc1ccc(S(=O)(=O)[O-])cc1.O=S(=O)(O)CCCC[n+]1ccc(-c2cc[n+](CCCCS(=O)(=O)O)cc2)cc1. The Morgan fingerprint density at radius 2 is 0.760 bits per heavy atom. The molecule has 0 fully saturated rings. The van der Waals surface area contributed by atoms with Gasteiger partial charge in [0.15, 0.2) is 24.8 Å². The second kappa shape index (κ2) is 19.1. The lowest BCUT2D eigenvalue weighted by Gasteiger charge is -2.05. The molecule has 0 saturated carbocycles. The van der Waals surface area contributed by atoms with Crippen molar-refractivity contribution in [2.45, 2.75) is 62.4 Å². The maximum absolute atomic E-state index is 10.7. The number of pyridine rings is 2. The van der Waals surface area contributed by atoms with Gasteiger partial charge in [-0.05, 0) is 62.1 Å². The number of nitrogens with zero attached hydrogens (tertiary/aromatic N) is 2. The van der Waals surface area contributed by atoms with E-state index in [1.807, 2.05) is 72.0 Å². The van der Waals surface area contributed by atoms with Crippen LogP contribution in [-0.2, 0) is 53.6 Å². The number of hydrogen-bond donors (Lipinski definition) is 2. The maximum atomic E-state index is 10.7. The summed E-state index contributed by atoms with van der Waals surface area (Å²) in [6, 6.07) is 19.5. The van der Waals surface area contributed by atoms with E-state index in [9.17, 15) is 42.8 Å². The fourth-order valence-electron chi connectivity index (χ4n) is 4.17. The highest BCUT2D eigenvalue weighted by Crippen LogP contribution is 2.16. The van der Waals surface area contributed by atoms with Crippen molar-refractivity contribution in [1.29, 1.82) is 0 Å². The first-order valence-corrected chi connectivity index (χ1v) is 21.1. The van der Waals surface area contributed by atoms with Crippen molar-refractivity contribution in [3.05, 3.63) is 109 Å². The van der Waals surface area contributed by atoms with Gasteiger partial charge in [-0.2, -0.15) is 16.8 Å². The number of aryl methyl sites for hydroxylation is 4. The smallest absolute Gasteiger partial charge is 0.264 e. The molecule has 4 rings (SSSR count). The third kappa shape index (κ3) is 17.9. The lowest BCUT2D eigenvalue weighted by Crippen LogP contribution is -2.33.